The molecule has 2 aromatic carbocycles. The molecule has 25 heavy (non-hydrogen) atoms. The van der Waals surface area contributed by atoms with Crippen LogP contribution >= 0.6 is 0 Å². The number of piperidine rings is 1. The van der Waals surface area contributed by atoms with Crippen LogP contribution in [0, 0.1) is 5.92 Å². The van der Waals surface area contributed by atoms with E-state index in [2.05, 4.69) is 0 Å². The molecule has 2 aliphatic heterocycles. The summed E-state index contributed by atoms with van der Waals surface area (Å²) in [5.74, 6) is -0.118. The molecule has 2 N–H and O–H groups in total. The van der Waals surface area contributed by atoms with Crippen molar-refractivity contribution in [1.29, 1.82) is 0 Å². The van der Waals surface area contributed by atoms with Gasteiger partial charge in [-0.3, -0.25) is 9.59 Å². The van der Waals surface area contributed by atoms with Crippen LogP contribution in [0.25, 0.3) is 10.8 Å². The van der Waals surface area contributed by atoms with Gasteiger partial charge in [-0.05, 0) is 24.3 Å². The van der Waals surface area contributed by atoms with Crippen molar-refractivity contribution in [3.8, 4) is 0 Å². The van der Waals surface area contributed by atoms with Crippen LogP contribution in [0.5, 0.6) is 0 Å². The summed E-state index contributed by atoms with van der Waals surface area (Å²) >= 11 is 0. The Kier molecular flexibility index (Phi) is 4.17. The van der Waals surface area contributed by atoms with Crippen LogP contribution in [-0.4, -0.2) is 42.4 Å². The van der Waals surface area contributed by atoms with Crippen LogP contribution in [0.15, 0.2) is 42.5 Å². The molecule has 1 atom stereocenters. The standard InChI is InChI=1S/C20H23N3O2/c21-16-8-10-22(11-9-16)20(25)15-12-19(24)23(13-15)18-7-3-5-14-4-1-2-6-17(14)18/h1-7,15-16H,8-13,21H2. The van der Waals surface area contributed by atoms with Gasteiger partial charge in [0.15, 0.2) is 0 Å². The highest BCUT2D eigenvalue weighted by Crippen LogP contribution is 2.32. The molecule has 0 radical (unpaired) electrons. The number of carbonyl (C=O) groups is 2. The molecule has 5 heteroatoms. The zero-order chi connectivity index (χ0) is 17.4. The maximum atomic E-state index is 12.8. The number of benzene rings is 2. The van der Waals surface area contributed by atoms with E-state index in [-0.39, 0.29) is 23.8 Å². The summed E-state index contributed by atoms with van der Waals surface area (Å²) in [5, 5.41) is 2.16. The van der Waals surface area contributed by atoms with Crippen LogP contribution in [0.2, 0.25) is 0 Å². The SMILES string of the molecule is NC1CCN(C(=O)C2CC(=O)N(c3cccc4ccccc34)C2)CC1. The summed E-state index contributed by atoms with van der Waals surface area (Å²) in [6, 6.07) is 14.2. The van der Waals surface area contributed by atoms with Crippen LogP contribution in [0.4, 0.5) is 5.69 Å². The Bertz CT molecular complexity index is 806. The Morgan fingerprint density at radius 2 is 1.76 bits per heavy atom. The molecule has 1 unspecified atom stereocenters. The monoisotopic (exact) mass is 337 g/mol. The highest BCUT2D eigenvalue weighted by atomic mass is 16.2. The lowest BCUT2D eigenvalue weighted by Crippen LogP contribution is -2.45. The molecular weight excluding hydrogens is 314 g/mol. The summed E-state index contributed by atoms with van der Waals surface area (Å²) in [4.78, 5) is 29.1. The van der Waals surface area contributed by atoms with E-state index in [0.717, 1.165) is 29.3 Å². The fraction of sp³-hybridized carbons (Fsp3) is 0.400. The summed E-state index contributed by atoms with van der Waals surface area (Å²) in [5.41, 5.74) is 6.83. The molecule has 0 bridgehead atoms. The van der Waals surface area contributed by atoms with Crippen LogP contribution in [-0.2, 0) is 9.59 Å². The quantitative estimate of drug-likeness (QED) is 0.913. The maximum absolute atomic E-state index is 12.8. The second-order valence-electron chi connectivity index (χ2n) is 7.07. The number of amides is 2. The van der Waals surface area contributed by atoms with E-state index in [0.29, 0.717) is 26.1 Å². The van der Waals surface area contributed by atoms with E-state index in [4.69, 9.17) is 5.73 Å². The first-order chi connectivity index (χ1) is 12.1. The van der Waals surface area contributed by atoms with Gasteiger partial charge in [0, 0.05) is 37.5 Å². The van der Waals surface area contributed by atoms with E-state index in [9.17, 15) is 9.59 Å². The summed E-state index contributed by atoms with van der Waals surface area (Å²) < 4.78 is 0. The van der Waals surface area contributed by atoms with Crippen molar-refractivity contribution in [1.82, 2.24) is 4.90 Å². The number of likely N-dealkylation sites (tertiary alicyclic amines) is 1. The Hall–Kier alpha value is -2.40. The lowest BCUT2D eigenvalue weighted by atomic mass is 10.0. The Balaban J connectivity index is 1.55. The molecule has 0 aliphatic carbocycles. The van der Waals surface area contributed by atoms with Gasteiger partial charge < -0.3 is 15.5 Å². The molecule has 0 saturated carbocycles. The van der Waals surface area contributed by atoms with Gasteiger partial charge in [-0.25, -0.2) is 0 Å². The van der Waals surface area contributed by atoms with Crippen molar-refractivity contribution in [3.05, 3.63) is 42.5 Å². The number of rotatable bonds is 2. The van der Waals surface area contributed by atoms with Gasteiger partial charge in [0.1, 0.15) is 0 Å². The number of carbonyl (C=O) groups excluding carboxylic acids is 2. The molecule has 0 aromatic heterocycles. The lowest BCUT2D eigenvalue weighted by Gasteiger charge is -2.32. The van der Waals surface area contributed by atoms with Crippen LogP contribution < -0.4 is 10.6 Å². The van der Waals surface area contributed by atoms with Crippen LogP contribution in [0.3, 0.4) is 0 Å². The highest BCUT2D eigenvalue weighted by Gasteiger charge is 2.38. The lowest BCUT2D eigenvalue weighted by molar-refractivity contribution is -0.136. The molecule has 2 aliphatic rings. The van der Waals surface area contributed by atoms with Gasteiger partial charge in [0.2, 0.25) is 11.8 Å². The zero-order valence-electron chi connectivity index (χ0n) is 14.2. The average Bonchev–Trinajstić information content (AvgIpc) is 3.03. The number of nitrogens with two attached hydrogens (primary N) is 1. The molecule has 0 spiro atoms. The molecule has 2 fully saturated rings. The number of hydrogen-bond acceptors (Lipinski definition) is 3. The van der Waals surface area contributed by atoms with Crippen molar-refractivity contribution in [2.45, 2.75) is 25.3 Å². The molecule has 2 heterocycles. The predicted octanol–water partition coefficient (Wildman–Crippen LogP) is 2.14. The van der Waals surface area contributed by atoms with E-state index >= 15 is 0 Å². The first kappa shape index (κ1) is 16.1. The summed E-state index contributed by atoms with van der Waals surface area (Å²) in [7, 11) is 0. The van der Waals surface area contributed by atoms with Crippen molar-refractivity contribution in [3.63, 3.8) is 0 Å². The number of hydrogen-bond donors (Lipinski definition) is 1. The van der Waals surface area contributed by atoms with Crippen molar-refractivity contribution < 1.29 is 9.59 Å². The highest BCUT2D eigenvalue weighted by molar-refractivity contribution is 6.06. The fourth-order valence-corrected chi connectivity index (χ4v) is 3.93. The number of nitrogens with zero attached hydrogens (tertiary/aromatic N) is 2. The van der Waals surface area contributed by atoms with E-state index in [1.807, 2.05) is 47.4 Å². The first-order valence-electron chi connectivity index (χ1n) is 8.96. The molecule has 4 rings (SSSR count). The molecule has 5 nitrogen and oxygen atoms in total. The molecule has 130 valence electrons. The first-order valence-corrected chi connectivity index (χ1v) is 8.96. The third-order valence-electron chi connectivity index (χ3n) is 5.38. The minimum absolute atomic E-state index is 0.0309. The molecule has 2 aromatic rings. The minimum Gasteiger partial charge on any atom is -0.342 e. The normalized spacial score (nSPS) is 22.0. The number of anilines is 1. The number of fused-ring (bicyclic) bond motifs is 1. The third kappa shape index (κ3) is 3.00. The molecule has 2 amide bonds. The summed E-state index contributed by atoms with van der Waals surface area (Å²) in [6.45, 7) is 1.88. The Labute approximate surface area is 147 Å². The largest absolute Gasteiger partial charge is 0.342 e. The molecule has 2 saturated heterocycles. The van der Waals surface area contributed by atoms with Crippen molar-refractivity contribution in [2.75, 3.05) is 24.5 Å². The van der Waals surface area contributed by atoms with Gasteiger partial charge in [-0.2, -0.15) is 0 Å². The Morgan fingerprint density at radius 1 is 1.04 bits per heavy atom. The average molecular weight is 337 g/mol. The van der Waals surface area contributed by atoms with Gasteiger partial charge in [0.05, 0.1) is 11.6 Å². The van der Waals surface area contributed by atoms with Gasteiger partial charge in [-0.15, -0.1) is 0 Å². The van der Waals surface area contributed by atoms with Gasteiger partial charge in [-0.1, -0.05) is 36.4 Å². The minimum atomic E-state index is -0.249. The fourth-order valence-electron chi connectivity index (χ4n) is 3.93. The second-order valence-corrected chi connectivity index (χ2v) is 7.07. The predicted molar refractivity (Wildman–Crippen MR) is 98.2 cm³/mol. The van der Waals surface area contributed by atoms with Gasteiger partial charge in [0.25, 0.3) is 0 Å². The Morgan fingerprint density at radius 3 is 2.56 bits per heavy atom. The van der Waals surface area contributed by atoms with Crippen molar-refractivity contribution >= 4 is 28.3 Å². The van der Waals surface area contributed by atoms with Gasteiger partial charge >= 0.3 is 0 Å². The van der Waals surface area contributed by atoms with E-state index < -0.39 is 0 Å². The second kappa shape index (κ2) is 6.48. The van der Waals surface area contributed by atoms with Crippen LogP contribution in [0.1, 0.15) is 19.3 Å². The summed E-state index contributed by atoms with van der Waals surface area (Å²) in [6.07, 6.45) is 1.99. The smallest absolute Gasteiger partial charge is 0.228 e. The maximum Gasteiger partial charge on any atom is 0.228 e. The van der Waals surface area contributed by atoms with Crippen molar-refractivity contribution in [2.24, 2.45) is 11.7 Å². The molecular formula is C20H23N3O2. The zero-order valence-corrected chi connectivity index (χ0v) is 14.2. The van der Waals surface area contributed by atoms with E-state index in [1.165, 1.54) is 0 Å². The van der Waals surface area contributed by atoms with E-state index in [1.54, 1.807) is 4.90 Å². The third-order valence-corrected chi connectivity index (χ3v) is 5.38. The topological polar surface area (TPSA) is 66.6 Å².